The normalized spacial score (nSPS) is 11.4. The van der Waals surface area contributed by atoms with Gasteiger partial charge in [-0.2, -0.15) is 0 Å². The average molecular weight is 283 g/mol. The van der Waals surface area contributed by atoms with Crippen molar-refractivity contribution in [1.82, 2.24) is 5.32 Å². The highest BCUT2D eigenvalue weighted by Gasteiger charge is 2.08. The Kier molecular flexibility index (Phi) is 5.40. The molecule has 0 amide bonds. The van der Waals surface area contributed by atoms with Crippen LogP contribution in [-0.2, 0) is 13.0 Å². The first-order chi connectivity index (χ1) is 10.0. The first-order valence-electron chi connectivity index (χ1n) is 7.54. The Balaban J connectivity index is 1.83. The third kappa shape index (κ3) is 6.01. The van der Waals surface area contributed by atoms with Crippen molar-refractivity contribution in [2.45, 2.75) is 39.3 Å². The van der Waals surface area contributed by atoms with Gasteiger partial charge in [0.2, 0.25) is 0 Å². The molecule has 0 saturated carbocycles. The van der Waals surface area contributed by atoms with Gasteiger partial charge >= 0.3 is 0 Å². The molecule has 0 radical (unpaired) electrons. The molecule has 2 aromatic rings. The van der Waals surface area contributed by atoms with Gasteiger partial charge in [-0.3, -0.25) is 0 Å². The summed E-state index contributed by atoms with van der Waals surface area (Å²) in [7, 11) is 0. The predicted molar refractivity (Wildman–Crippen MR) is 88.7 cm³/mol. The third-order valence-corrected chi connectivity index (χ3v) is 3.22. The molecule has 0 heterocycles. The van der Waals surface area contributed by atoms with Crippen LogP contribution in [0.15, 0.2) is 54.6 Å². The van der Waals surface area contributed by atoms with Crippen LogP contribution in [0.4, 0.5) is 0 Å². The van der Waals surface area contributed by atoms with E-state index in [9.17, 15) is 0 Å². The third-order valence-electron chi connectivity index (χ3n) is 3.22. The molecule has 2 aromatic carbocycles. The predicted octanol–water partition coefficient (Wildman–Crippen LogP) is 4.20. The Bertz CT molecular complexity index is 543. The number of rotatable bonds is 6. The van der Waals surface area contributed by atoms with E-state index in [1.165, 1.54) is 11.1 Å². The van der Waals surface area contributed by atoms with Gasteiger partial charge in [-0.1, -0.05) is 42.5 Å². The lowest BCUT2D eigenvalue weighted by Crippen LogP contribution is -2.35. The summed E-state index contributed by atoms with van der Waals surface area (Å²) in [5.74, 6) is 0.944. The molecule has 2 rings (SSSR count). The molecule has 0 spiro atoms. The molecule has 0 aliphatic rings. The Morgan fingerprint density at radius 1 is 0.905 bits per heavy atom. The Morgan fingerprint density at radius 3 is 2.33 bits per heavy atom. The van der Waals surface area contributed by atoms with Crippen molar-refractivity contribution in [1.29, 1.82) is 0 Å². The molecule has 0 aromatic heterocycles. The number of hydrogen-bond acceptors (Lipinski definition) is 2. The number of ether oxygens (including phenoxy) is 1. The minimum Gasteiger partial charge on any atom is -0.493 e. The van der Waals surface area contributed by atoms with Gasteiger partial charge < -0.3 is 10.1 Å². The number of benzene rings is 2. The van der Waals surface area contributed by atoms with Crippen molar-refractivity contribution in [2.75, 3.05) is 6.61 Å². The minimum absolute atomic E-state index is 0.129. The summed E-state index contributed by atoms with van der Waals surface area (Å²) in [6, 6.07) is 18.7. The molecule has 0 fully saturated rings. The summed E-state index contributed by atoms with van der Waals surface area (Å²) in [6.45, 7) is 8.09. The molecular weight excluding hydrogens is 258 g/mol. The first-order valence-corrected chi connectivity index (χ1v) is 7.54. The molecular formula is C19H25NO. The van der Waals surface area contributed by atoms with E-state index in [2.05, 4.69) is 68.6 Å². The van der Waals surface area contributed by atoms with E-state index in [0.29, 0.717) is 6.61 Å². The highest BCUT2D eigenvalue weighted by molar-refractivity contribution is 5.28. The molecule has 0 bridgehead atoms. The van der Waals surface area contributed by atoms with Gasteiger partial charge in [-0.15, -0.1) is 0 Å². The van der Waals surface area contributed by atoms with Crippen molar-refractivity contribution in [3.63, 3.8) is 0 Å². The maximum atomic E-state index is 5.85. The first kappa shape index (κ1) is 15.6. The van der Waals surface area contributed by atoms with Crippen LogP contribution in [0.3, 0.4) is 0 Å². The highest BCUT2D eigenvalue weighted by Crippen LogP contribution is 2.14. The highest BCUT2D eigenvalue weighted by atomic mass is 16.5. The summed E-state index contributed by atoms with van der Waals surface area (Å²) in [5.41, 5.74) is 2.69. The van der Waals surface area contributed by atoms with E-state index in [1.54, 1.807) is 0 Å². The van der Waals surface area contributed by atoms with Gasteiger partial charge in [0.1, 0.15) is 5.75 Å². The van der Waals surface area contributed by atoms with Crippen molar-refractivity contribution in [3.05, 3.63) is 65.7 Å². The smallest absolute Gasteiger partial charge is 0.119 e. The van der Waals surface area contributed by atoms with Crippen LogP contribution in [0.2, 0.25) is 0 Å². The van der Waals surface area contributed by atoms with E-state index in [1.807, 2.05) is 12.1 Å². The van der Waals surface area contributed by atoms with Crippen molar-refractivity contribution in [3.8, 4) is 5.75 Å². The fourth-order valence-electron chi connectivity index (χ4n) is 2.04. The molecule has 0 saturated heterocycles. The molecule has 2 nitrogen and oxygen atoms in total. The topological polar surface area (TPSA) is 21.3 Å². The summed E-state index contributed by atoms with van der Waals surface area (Å²) < 4.78 is 5.85. The molecule has 1 N–H and O–H groups in total. The fraction of sp³-hybridized carbons (Fsp3) is 0.368. The van der Waals surface area contributed by atoms with Gasteiger partial charge in [-0.05, 0) is 44.0 Å². The lowest BCUT2D eigenvalue weighted by Gasteiger charge is -2.20. The van der Waals surface area contributed by atoms with Crippen LogP contribution in [0.5, 0.6) is 5.75 Å². The Morgan fingerprint density at radius 2 is 1.62 bits per heavy atom. The molecule has 0 unspecified atom stereocenters. The van der Waals surface area contributed by atoms with E-state index in [4.69, 9.17) is 4.74 Å². The second-order valence-corrected chi connectivity index (χ2v) is 6.34. The van der Waals surface area contributed by atoms with Gasteiger partial charge in [-0.25, -0.2) is 0 Å². The number of hydrogen-bond donors (Lipinski definition) is 1. The molecule has 0 aliphatic carbocycles. The maximum Gasteiger partial charge on any atom is 0.119 e. The van der Waals surface area contributed by atoms with E-state index in [-0.39, 0.29) is 5.54 Å². The van der Waals surface area contributed by atoms with Gasteiger partial charge in [0.15, 0.2) is 0 Å². The lowest BCUT2D eigenvalue weighted by molar-refractivity contribution is 0.321. The maximum absolute atomic E-state index is 5.85. The molecule has 0 atom stereocenters. The van der Waals surface area contributed by atoms with Gasteiger partial charge in [0.05, 0.1) is 6.61 Å². The summed E-state index contributed by atoms with van der Waals surface area (Å²) in [5, 5.41) is 3.49. The zero-order valence-electron chi connectivity index (χ0n) is 13.2. The average Bonchev–Trinajstić information content (AvgIpc) is 2.46. The Labute approximate surface area is 128 Å². The molecule has 112 valence electrons. The molecule has 21 heavy (non-hydrogen) atoms. The van der Waals surface area contributed by atoms with Gasteiger partial charge in [0, 0.05) is 18.5 Å². The quantitative estimate of drug-likeness (QED) is 0.858. The van der Waals surface area contributed by atoms with E-state index < -0.39 is 0 Å². The van der Waals surface area contributed by atoms with E-state index >= 15 is 0 Å². The largest absolute Gasteiger partial charge is 0.493 e. The van der Waals surface area contributed by atoms with Crippen LogP contribution < -0.4 is 10.1 Å². The molecule has 0 aliphatic heterocycles. The van der Waals surface area contributed by atoms with Crippen LogP contribution in [0, 0.1) is 0 Å². The lowest BCUT2D eigenvalue weighted by atomic mass is 10.1. The molecule has 2 heteroatoms. The summed E-state index contributed by atoms with van der Waals surface area (Å²) in [6.07, 6.45) is 0.936. The monoisotopic (exact) mass is 283 g/mol. The van der Waals surface area contributed by atoms with Crippen LogP contribution in [0.1, 0.15) is 31.9 Å². The summed E-state index contributed by atoms with van der Waals surface area (Å²) >= 11 is 0. The second kappa shape index (κ2) is 7.28. The van der Waals surface area contributed by atoms with Crippen molar-refractivity contribution in [2.24, 2.45) is 0 Å². The van der Waals surface area contributed by atoms with Crippen molar-refractivity contribution >= 4 is 0 Å². The van der Waals surface area contributed by atoms with E-state index in [0.717, 1.165) is 18.7 Å². The van der Waals surface area contributed by atoms with Crippen LogP contribution in [0.25, 0.3) is 0 Å². The second-order valence-electron chi connectivity index (χ2n) is 6.34. The number of nitrogens with one attached hydrogen (secondary N) is 1. The SMILES string of the molecule is CC(C)(C)NCc1cccc(OCCc2ccccc2)c1. The zero-order chi connectivity index (χ0) is 15.1. The minimum atomic E-state index is 0.129. The summed E-state index contributed by atoms with van der Waals surface area (Å²) in [4.78, 5) is 0. The van der Waals surface area contributed by atoms with Crippen LogP contribution in [-0.4, -0.2) is 12.1 Å². The standard InChI is InChI=1S/C19H25NO/c1-19(2,3)20-15-17-10-7-11-18(14-17)21-13-12-16-8-5-4-6-9-16/h4-11,14,20H,12-13,15H2,1-3H3. The van der Waals surface area contributed by atoms with Crippen molar-refractivity contribution < 1.29 is 4.74 Å². The zero-order valence-corrected chi connectivity index (χ0v) is 13.2. The van der Waals surface area contributed by atoms with Crippen LogP contribution >= 0.6 is 0 Å². The Hall–Kier alpha value is -1.80. The van der Waals surface area contributed by atoms with Gasteiger partial charge in [0.25, 0.3) is 0 Å². The fourth-order valence-corrected chi connectivity index (χ4v) is 2.04.